The third kappa shape index (κ3) is 3.35. The normalized spacial score (nSPS) is 20.7. The van der Waals surface area contributed by atoms with E-state index in [1.54, 1.807) is 6.33 Å². The number of aromatic nitrogens is 2. The van der Waals surface area contributed by atoms with Crippen molar-refractivity contribution in [2.75, 3.05) is 32.7 Å². The Kier molecular flexibility index (Phi) is 4.81. The van der Waals surface area contributed by atoms with Crippen LogP contribution in [0.3, 0.4) is 0 Å². The molecule has 3 heterocycles. The van der Waals surface area contributed by atoms with Crippen LogP contribution in [-0.2, 0) is 7.05 Å². The minimum atomic E-state index is 0.149. The monoisotopic (exact) mass is 304 g/mol. The summed E-state index contributed by atoms with van der Waals surface area (Å²) in [6, 6.07) is 0. The predicted molar refractivity (Wildman–Crippen MR) is 86.9 cm³/mol. The van der Waals surface area contributed by atoms with E-state index in [1.807, 2.05) is 23.4 Å². The molecule has 1 aromatic heterocycles. The first-order chi connectivity index (χ1) is 10.6. The van der Waals surface area contributed by atoms with Gasteiger partial charge >= 0.3 is 0 Å². The highest BCUT2D eigenvalue weighted by Crippen LogP contribution is 2.23. The second kappa shape index (κ2) is 6.82. The Balaban J connectivity index is 1.48. The van der Waals surface area contributed by atoms with E-state index in [1.165, 1.54) is 38.9 Å². The molecule has 0 aliphatic carbocycles. The number of rotatable bonds is 4. The summed E-state index contributed by atoms with van der Waals surface area (Å²) >= 11 is 0. The Morgan fingerprint density at radius 2 is 1.91 bits per heavy atom. The van der Waals surface area contributed by atoms with Gasteiger partial charge in [-0.15, -0.1) is 0 Å². The van der Waals surface area contributed by atoms with Crippen LogP contribution in [0, 0.1) is 12.8 Å². The van der Waals surface area contributed by atoms with Crippen LogP contribution in [0.2, 0.25) is 0 Å². The summed E-state index contributed by atoms with van der Waals surface area (Å²) in [7, 11) is 1.90. The van der Waals surface area contributed by atoms with E-state index in [-0.39, 0.29) is 5.91 Å². The third-order valence-corrected chi connectivity index (χ3v) is 5.28. The van der Waals surface area contributed by atoms with E-state index in [0.717, 1.165) is 43.2 Å². The smallest absolute Gasteiger partial charge is 0.272 e. The molecule has 1 aromatic rings. The van der Waals surface area contributed by atoms with Crippen LogP contribution in [0.5, 0.6) is 0 Å². The van der Waals surface area contributed by atoms with Crippen molar-refractivity contribution < 1.29 is 4.79 Å². The zero-order valence-electron chi connectivity index (χ0n) is 13.9. The summed E-state index contributed by atoms with van der Waals surface area (Å²) in [5.74, 6) is 0.938. The molecule has 122 valence electrons. The molecule has 0 bridgehead atoms. The minimum absolute atomic E-state index is 0.149. The quantitative estimate of drug-likeness (QED) is 0.855. The molecular weight excluding hydrogens is 276 g/mol. The molecule has 2 fully saturated rings. The fraction of sp³-hybridized carbons (Fsp3) is 0.765. The van der Waals surface area contributed by atoms with Gasteiger partial charge in [0.25, 0.3) is 5.91 Å². The lowest BCUT2D eigenvalue weighted by Crippen LogP contribution is -2.40. The molecule has 0 N–H and O–H groups in total. The maximum atomic E-state index is 12.6. The number of likely N-dealkylation sites (tertiary alicyclic amines) is 2. The van der Waals surface area contributed by atoms with Gasteiger partial charge in [-0.1, -0.05) is 0 Å². The number of imidazole rings is 1. The second-order valence-corrected chi connectivity index (χ2v) is 6.86. The number of carbonyl (C=O) groups is 1. The van der Waals surface area contributed by atoms with Gasteiger partial charge in [0.2, 0.25) is 0 Å². The van der Waals surface area contributed by atoms with Gasteiger partial charge in [0.1, 0.15) is 5.69 Å². The number of hydrogen-bond donors (Lipinski definition) is 0. The highest BCUT2D eigenvalue weighted by Gasteiger charge is 2.26. The van der Waals surface area contributed by atoms with E-state index in [0.29, 0.717) is 0 Å². The first-order valence-electron chi connectivity index (χ1n) is 8.64. The van der Waals surface area contributed by atoms with Crippen molar-refractivity contribution in [3.8, 4) is 0 Å². The maximum absolute atomic E-state index is 12.6. The minimum Gasteiger partial charge on any atom is -0.337 e. The van der Waals surface area contributed by atoms with Crippen LogP contribution in [0.15, 0.2) is 6.33 Å². The van der Waals surface area contributed by atoms with Gasteiger partial charge in [-0.2, -0.15) is 0 Å². The molecule has 5 nitrogen and oxygen atoms in total. The topological polar surface area (TPSA) is 41.4 Å². The molecule has 5 heteroatoms. The molecular formula is C17H28N4O. The molecule has 2 saturated heterocycles. The van der Waals surface area contributed by atoms with Crippen molar-refractivity contribution in [2.45, 2.75) is 39.0 Å². The largest absolute Gasteiger partial charge is 0.337 e. The van der Waals surface area contributed by atoms with Gasteiger partial charge in [-0.05, 0) is 64.6 Å². The summed E-state index contributed by atoms with van der Waals surface area (Å²) in [5.41, 5.74) is 1.58. The zero-order valence-corrected chi connectivity index (χ0v) is 13.9. The van der Waals surface area contributed by atoms with Gasteiger partial charge in [-0.3, -0.25) is 4.79 Å². The van der Waals surface area contributed by atoms with Crippen LogP contribution in [0.25, 0.3) is 0 Å². The number of amides is 1. The van der Waals surface area contributed by atoms with Crippen LogP contribution in [0.1, 0.15) is 48.3 Å². The van der Waals surface area contributed by atoms with E-state index in [2.05, 4.69) is 9.88 Å². The number of nitrogens with zero attached hydrogens (tertiary/aromatic N) is 4. The summed E-state index contributed by atoms with van der Waals surface area (Å²) in [4.78, 5) is 21.5. The molecule has 0 atom stereocenters. The van der Waals surface area contributed by atoms with Crippen molar-refractivity contribution in [1.29, 1.82) is 0 Å². The molecule has 3 rings (SSSR count). The van der Waals surface area contributed by atoms with Crippen molar-refractivity contribution in [3.63, 3.8) is 0 Å². The summed E-state index contributed by atoms with van der Waals surface area (Å²) < 4.78 is 1.84. The van der Waals surface area contributed by atoms with Gasteiger partial charge in [0, 0.05) is 20.1 Å². The van der Waals surface area contributed by atoms with Gasteiger partial charge in [0.05, 0.1) is 12.0 Å². The molecule has 0 saturated carbocycles. The van der Waals surface area contributed by atoms with E-state index >= 15 is 0 Å². The van der Waals surface area contributed by atoms with Crippen LogP contribution in [0.4, 0.5) is 0 Å². The number of hydrogen-bond acceptors (Lipinski definition) is 3. The average Bonchev–Trinajstić information content (AvgIpc) is 3.15. The molecule has 0 unspecified atom stereocenters. The Morgan fingerprint density at radius 1 is 1.23 bits per heavy atom. The fourth-order valence-corrected chi connectivity index (χ4v) is 3.80. The first-order valence-corrected chi connectivity index (χ1v) is 8.64. The SMILES string of the molecule is Cc1ncn(C)c1C(=O)N1CCC(CCN2CCCC2)CC1. The molecule has 0 aromatic carbocycles. The Morgan fingerprint density at radius 3 is 2.50 bits per heavy atom. The number of carbonyl (C=O) groups excluding carboxylic acids is 1. The number of piperidine rings is 1. The highest BCUT2D eigenvalue weighted by atomic mass is 16.2. The van der Waals surface area contributed by atoms with Gasteiger partial charge in [-0.25, -0.2) is 4.98 Å². The highest BCUT2D eigenvalue weighted by molar-refractivity contribution is 5.93. The third-order valence-electron chi connectivity index (χ3n) is 5.28. The van der Waals surface area contributed by atoms with Crippen molar-refractivity contribution in [3.05, 3.63) is 17.7 Å². The summed E-state index contributed by atoms with van der Waals surface area (Å²) in [5, 5.41) is 0. The van der Waals surface area contributed by atoms with E-state index in [4.69, 9.17) is 0 Å². The average molecular weight is 304 g/mol. The molecule has 0 spiro atoms. The van der Waals surface area contributed by atoms with E-state index < -0.39 is 0 Å². The lowest BCUT2D eigenvalue weighted by molar-refractivity contribution is 0.0672. The summed E-state index contributed by atoms with van der Waals surface area (Å²) in [6.07, 6.45) is 8.07. The van der Waals surface area contributed by atoms with Crippen molar-refractivity contribution in [1.82, 2.24) is 19.4 Å². The second-order valence-electron chi connectivity index (χ2n) is 6.86. The first kappa shape index (κ1) is 15.5. The fourth-order valence-electron chi connectivity index (χ4n) is 3.80. The summed E-state index contributed by atoms with van der Waals surface area (Å²) in [6.45, 7) is 7.53. The van der Waals surface area contributed by atoms with Crippen LogP contribution < -0.4 is 0 Å². The standard InChI is InChI=1S/C17H28N4O/c1-14-16(19(2)13-18-14)17(22)21-11-6-15(7-12-21)5-10-20-8-3-4-9-20/h13,15H,3-12H2,1-2H3. The Labute approximate surface area is 133 Å². The predicted octanol–water partition coefficient (Wildman–Crippen LogP) is 2.07. The van der Waals surface area contributed by atoms with Crippen molar-refractivity contribution in [2.24, 2.45) is 13.0 Å². The van der Waals surface area contributed by atoms with Gasteiger partial charge < -0.3 is 14.4 Å². The Bertz CT molecular complexity index is 491. The molecule has 1 amide bonds. The molecule has 2 aliphatic heterocycles. The van der Waals surface area contributed by atoms with Crippen LogP contribution in [-0.4, -0.2) is 58.0 Å². The molecule has 0 radical (unpaired) electrons. The lowest BCUT2D eigenvalue weighted by Gasteiger charge is -2.33. The lowest BCUT2D eigenvalue weighted by atomic mass is 9.93. The zero-order chi connectivity index (χ0) is 15.5. The van der Waals surface area contributed by atoms with Crippen molar-refractivity contribution >= 4 is 5.91 Å². The van der Waals surface area contributed by atoms with Gasteiger partial charge in [0.15, 0.2) is 0 Å². The Hall–Kier alpha value is -1.36. The number of aryl methyl sites for hydroxylation is 2. The maximum Gasteiger partial charge on any atom is 0.272 e. The molecule has 2 aliphatic rings. The van der Waals surface area contributed by atoms with E-state index in [9.17, 15) is 4.79 Å². The van der Waals surface area contributed by atoms with Crippen LogP contribution >= 0.6 is 0 Å². The molecule has 22 heavy (non-hydrogen) atoms.